The van der Waals surface area contributed by atoms with Crippen LogP contribution in [0.5, 0.6) is 0 Å². The lowest BCUT2D eigenvalue weighted by atomic mass is 9.76. The summed E-state index contributed by atoms with van der Waals surface area (Å²) >= 11 is 0. The number of hydrogen-bond acceptors (Lipinski definition) is 2. The van der Waals surface area contributed by atoms with E-state index >= 15 is 0 Å². The van der Waals surface area contributed by atoms with Crippen LogP contribution in [0.1, 0.15) is 33.6 Å². The molecular formula is C10H18O2. The summed E-state index contributed by atoms with van der Waals surface area (Å²) in [5, 5.41) is 0. The van der Waals surface area contributed by atoms with E-state index in [1.165, 1.54) is 0 Å². The Morgan fingerprint density at radius 2 is 2.00 bits per heavy atom. The minimum Gasteiger partial charge on any atom is -0.381 e. The van der Waals surface area contributed by atoms with Crippen molar-refractivity contribution in [2.45, 2.75) is 33.6 Å². The van der Waals surface area contributed by atoms with Crippen LogP contribution in [0.25, 0.3) is 0 Å². The van der Waals surface area contributed by atoms with E-state index < -0.39 is 0 Å². The van der Waals surface area contributed by atoms with Gasteiger partial charge in [-0.05, 0) is 11.8 Å². The molecule has 2 heteroatoms. The molecule has 0 aromatic rings. The molecule has 1 aliphatic rings. The van der Waals surface area contributed by atoms with Crippen LogP contribution in [0.3, 0.4) is 0 Å². The van der Waals surface area contributed by atoms with Crippen molar-refractivity contribution in [3.05, 3.63) is 0 Å². The molecule has 2 nitrogen and oxygen atoms in total. The maximum Gasteiger partial charge on any atom is 0.138 e. The molecule has 0 radical (unpaired) electrons. The van der Waals surface area contributed by atoms with Crippen molar-refractivity contribution in [2.75, 3.05) is 13.2 Å². The van der Waals surface area contributed by atoms with Gasteiger partial charge in [-0.1, -0.05) is 20.8 Å². The molecule has 1 saturated heterocycles. The predicted molar refractivity (Wildman–Crippen MR) is 48.0 cm³/mol. The van der Waals surface area contributed by atoms with Crippen molar-refractivity contribution < 1.29 is 9.53 Å². The molecule has 1 heterocycles. The van der Waals surface area contributed by atoms with Crippen molar-refractivity contribution in [3.8, 4) is 0 Å². The highest BCUT2D eigenvalue weighted by atomic mass is 16.5. The second kappa shape index (κ2) is 3.56. The van der Waals surface area contributed by atoms with Gasteiger partial charge in [0, 0.05) is 18.9 Å². The molecule has 0 aromatic carbocycles. The van der Waals surface area contributed by atoms with E-state index in [1.807, 2.05) is 0 Å². The van der Waals surface area contributed by atoms with Gasteiger partial charge in [0.05, 0.1) is 6.61 Å². The summed E-state index contributed by atoms with van der Waals surface area (Å²) in [7, 11) is 0. The van der Waals surface area contributed by atoms with Crippen molar-refractivity contribution in [1.29, 1.82) is 0 Å². The average Bonchev–Trinajstić information content (AvgIpc) is 2.11. The Bertz CT molecular complexity index is 167. The zero-order chi connectivity index (χ0) is 9.19. The van der Waals surface area contributed by atoms with E-state index in [9.17, 15) is 4.79 Å². The minimum absolute atomic E-state index is 0.102. The maximum absolute atomic E-state index is 11.6. The fourth-order valence-corrected chi connectivity index (χ4v) is 1.73. The Morgan fingerprint density at radius 1 is 1.33 bits per heavy atom. The third kappa shape index (κ3) is 2.31. The SMILES string of the molecule is CC(C)(C)C1CCOCCC1=O. The molecule has 0 N–H and O–H groups in total. The van der Waals surface area contributed by atoms with Gasteiger partial charge < -0.3 is 4.74 Å². The molecule has 12 heavy (non-hydrogen) atoms. The van der Waals surface area contributed by atoms with Crippen LogP contribution in [-0.2, 0) is 9.53 Å². The van der Waals surface area contributed by atoms with E-state index in [2.05, 4.69) is 20.8 Å². The van der Waals surface area contributed by atoms with Crippen molar-refractivity contribution in [3.63, 3.8) is 0 Å². The van der Waals surface area contributed by atoms with Gasteiger partial charge in [0.1, 0.15) is 5.78 Å². The first-order valence-electron chi connectivity index (χ1n) is 4.62. The second-order valence-electron chi connectivity index (χ2n) is 4.54. The van der Waals surface area contributed by atoms with Crippen molar-refractivity contribution >= 4 is 5.78 Å². The number of carbonyl (C=O) groups excluding carboxylic acids is 1. The van der Waals surface area contributed by atoms with Gasteiger partial charge in [0.25, 0.3) is 0 Å². The van der Waals surface area contributed by atoms with Crippen LogP contribution in [0.2, 0.25) is 0 Å². The molecule has 0 saturated carbocycles. The molecule has 1 aliphatic heterocycles. The highest BCUT2D eigenvalue weighted by Crippen LogP contribution is 2.31. The Kier molecular flexibility index (Phi) is 2.89. The molecule has 1 fully saturated rings. The summed E-state index contributed by atoms with van der Waals surface area (Å²) in [6.45, 7) is 7.74. The number of rotatable bonds is 0. The summed E-state index contributed by atoms with van der Waals surface area (Å²) in [6, 6.07) is 0. The van der Waals surface area contributed by atoms with Crippen LogP contribution in [0.4, 0.5) is 0 Å². The largest absolute Gasteiger partial charge is 0.381 e. The standard InChI is InChI=1S/C10H18O2/c1-10(2,3)8-4-6-12-7-5-9(8)11/h8H,4-7H2,1-3H3. The number of ketones is 1. The second-order valence-corrected chi connectivity index (χ2v) is 4.54. The molecule has 1 unspecified atom stereocenters. The smallest absolute Gasteiger partial charge is 0.138 e. The first-order chi connectivity index (χ1) is 5.52. The van der Waals surface area contributed by atoms with Gasteiger partial charge in [-0.25, -0.2) is 0 Å². The highest BCUT2D eigenvalue weighted by molar-refractivity contribution is 5.81. The van der Waals surface area contributed by atoms with E-state index in [1.54, 1.807) is 0 Å². The van der Waals surface area contributed by atoms with Gasteiger partial charge in [-0.3, -0.25) is 4.79 Å². The van der Waals surface area contributed by atoms with E-state index in [0.29, 0.717) is 18.8 Å². The molecule has 1 rings (SSSR count). The average molecular weight is 170 g/mol. The molecular weight excluding hydrogens is 152 g/mol. The van der Waals surface area contributed by atoms with E-state index in [4.69, 9.17) is 4.74 Å². The van der Waals surface area contributed by atoms with E-state index in [0.717, 1.165) is 13.0 Å². The molecule has 0 amide bonds. The lowest BCUT2D eigenvalue weighted by Gasteiger charge is -2.27. The predicted octanol–water partition coefficient (Wildman–Crippen LogP) is 2.03. The van der Waals surface area contributed by atoms with Crippen LogP contribution in [-0.4, -0.2) is 19.0 Å². The molecule has 0 bridgehead atoms. The van der Waals surface area contributed by atoms with Crippen molar-refractivity contribution in [1.82, 2.24) is 0 Å². The normalized spacial score (nSPS) is 26.9. The monoisotopic (exact) mass is 170 g/mol. The molecule has 0 aliphatic carbocycles. The summed E-state index contributed by atoms with van der Waals surface area (Å²) < 4.78 is 5.27. The Hall–Kier alpha value is -0.370. The maximum atomic E-state index is 11.6. The van der Waals surface area contributed by atoms with E-state index in [-0.39, 0.29) is 11.3 Å². The van der Waals surface area contributed by atoms with Gasteiger partial charge in [0.2, 0.25) is 0 Å². The van der Waals surface area contributed by atoms with Gasteiger partial charge in [-0.2, -0.15) is 0 Å². The summed E-state index contributed by atoms with van der Waals surface area (Å²) in [6.07, 6.45) is 1.49. The molecule has 70 valence electrons. The highest BCUT2D eigenvalue weighted by Gasteiger charge is 2.31. The van der Waals surface area contributed by atoms with Gasteiger partial charge in [-0.15, -0.1) is 0 Å². The topological polar surface area (TPSA) is 26.3 Å². The molecule has 0 spiro atoms. The zero-order valence-electron chi connectivity index (χ0n) is 8.22. The third-order valence-electron chi connectivity index (χ3n) is 2.48. The van der Waals surface area contributed by atoms with Gasteiger partial charge >= 0.3 is 0 Å². The fourth-order valence-electron chi connectivity index (χ4n) is 1.73. The van der Waals surface area contributed by atoms with Crippen LogP contribution < -0.4 is 0 Å². The number of ether oxygens (including phenoxy) is 1. The quantitative estimate of drug-likeness (QED) is 0.556. The number of Topliss-reactive ketones (excluding diaryl/α,β-unsaturated/α-hetero) is 1. The minimum atomic E-state index is 0.102. The Labute approximate surface area is 74.3 Å². The lowest BCUT2D eigenvalue weighted by Crippen LogP contribution is -2.28. The number of hydrogen-bond donors (Lipinski definition) is 0. The first-order valence-corrected chi connectivity index (χ1v) is 4.62. The van der Waals surface area contributed by atoms with Crippen LogP contribution in [0.15, 0.2) is 0 Å². The Balaban J connectivity index is 2.66. The summed E-state index contributed by atoms with van der Waals surface area (Å²) in [5.41, 5.74) is 0.102. The lowest BCUT2D eigenvalue weighted by molar-refractivity contribution is -0.125. The first kappa shape index (κ1) is 9.72. The number of carbonyl (C=O) groups is 1. The fraction of sp³-hybridized carbons (Fsp3) is 0.900. The van der Waals surface area contributed by atoms with Crippen LogP contribution >= 0.6 is 0 Å². The third-order valence-corrected chi connectivity index (χ3v) is 2.48. The zero-order valence-corrected chi connectivity index (χ0v) is 8.22. The summed E-state index contributed by atoms with van der Waals surface area (Å²) in [5.74, 6) is 0.569. The van der Waals surface area contributed by atoms with Crippen LogP contribution in [0, 0.1) is 11.3 Å². The summed E-state index contributed by atoms with van der Waals surface area (Å²) in [4.78, 5) is 11.6. The molecule has 0 aromatic heterocycles. The molecule has 1 atom stereocenters. The van der Waals surface area contributed by atoms with Crippen molar-refractivity contribution in [2.24, 2.45) is 11.3 Å². The Morgan fingerprint density at radius 3 is 2.58 bits per heavy atom. The van der Waals surface area contributed by atoms with Gasteiger partial charge in [0.15, 0.2) is 0 Å².